The fraction of sp³-hybridized carbons (Fsp3) is 0.522. The number of carbonyl (C=O) groups is 3. The number of carbonyl (C=O) groups excluding carboxylic acids is 2. The monoisotopic (exact) mass is 603 g/mol. The molecular weight excluding hydrogens is 576 g/mol. The van der Waals surface area contributed by atoms with Crippen molar-refractivity contribution in [3.8, 4) is 0 Å². The molecule has 2 amide bonds. The molecule has 0 aliphatic carbocycles. The van der Waals surface area contributed by atoms with Crippen LogP contribution in [0.25, 0.3) is 0 Å². The molecule has 2 rings (SSSR count). The Morgan fingerprint density at radius 2 is 1.70 bits per heavy atom. The molecule has 3 N–H and O–H groups in total. The van der Waals surface area contributed by atoms with Gasteiger partial charge in [-0.3, -0.25) is 4.79 Å². The first-order valence-electron chi connectivity index (χ1n) is 11.8. The van der Waals surface area contributed by atoms with Crippen molar-refractivity contribution < 1.29 is 59.0 Å². The van der Waals surface area contributed by atoms with E-state index in [2.05, 4.69) is 17.2 Å². The third-order valence-electron chi connectivity index (χ3n) is 5.81. The van der Waals surface area contributed by atoms with Crippen molar-refractivity contribution in [2.75, 3.05) is 19.7 Å². The van der Waals surface area contributed by atoms with Crippen LogP contribution in [0.1, 0.15) is 43.2 Å². The lowest BCUT2D eigenvalue weighted by Crippen LogP contribution is -2.50. The van der Waals surface area contributed by atoms with Crippen LogP contribution in [-0.4, -0.2) is 67.6 Å². The number of rotatable bonds is 12. The van der Waals surface area contributed by atoms with Crippen LogP contribution in [-0.2, 0) is 36.7 Å². The van der Waals surface area contributed by atoms with Gasteiger partial charge in [0.2, 0.25) is 15.9 Å². The summed E-state index contributed by atoms with van der Waals surface area (Å²) in [6.07, 6.45) is -9.64. The molecule has 1 saturated heterocycles. The summed E-state index contributed by atoms with van der Waals surface area (Å²) < 4.78 is 111. The molecule has 17 heteroatoms. The lowest BCUT2D eigenvalue weighted by molar-refractivity contribution is -0.143. The average Bonchev–Trinajstić information content (AvgIpc) is 3.36. The van der Waals surface area contributed by atoms with E-state index in [1.165, 1.54) is 6.08 Å². The number of carboxylic acids is 1. The van der Waals surface area contributed by atoms with Gasteiger partial charge in [0.05, 0.1) is 16.0 Å². The maximum Gasteiger partial charge on any atom is 0.416 e. The van der Waals surface area contributed by atoms with Gasteiger partial charge in [0.1, 0.15) is 18.7 Å². The van der Waals surface area contributed by atoms with Gasteiger partial charge in [0.15, 0.2) is 0 Å². The van der Waals surface area contributed by atoms with Crippen molar-refractivity contribution in [3.63, 3.8) is 0 Å². The molecule has 0 radical (unpaired) electrons. The van der Waals surface area contributed by atoms with Gasteiger partial charge in [0, 0.05) is 13.1 Å². The second-order valence-electron chi connectivity index (χ2n) is 8.72. The molecule has 40 heavy (non-hydrogen) atoms. The van der Waals surface area contributed by atoms with Gasteiger partial charge in [-0.15, -0.1) is 0 Å². The van der Waals surface area contributed by atoms with Gasteiger partial charge < -0.3 is 20.5 Å². The Labute approximate surface area is 225 Å². The van der Waals surface area contributed by atoms with Crippen molar-refractivity contribution in [1.29, 1.82) is 0 Å². The van der Waals surface area contributed by atoms with Gasteiger partial charge in [-0.2, -0.15) is 30.6 Å². The highest BCUT2D eigenvalue weighted by molar-refractivity contribution is 7.89. The molecule has 1 aliphatic rings. The number of alkyl carbamates (subject to hydrolysis) is 1. The molecule has 1 aliphatic heterocycles. The van der Waals surface area contributed by atoms with Gasteiger partial charge in [0.25, 0.3) is 0 Å². The van der Waals surface area contributed by atoms with E-state index >= 15 is 0 Å². The van der Waals surface area contributed by atoms with Crippen LogP contribution in [0.2, 0.25) is 0 Å². The standard InChI is InChI=1S/C23H27F6N3O7S/c1-2-10-39-21(36)30-8-4-3-6-17(20(34)35)31-19(33)18-7-5-9-32(18)40(37,38)16-12-14(22(24,25)26)11-15(13-16)23(27,28)29/h2,11-13,17-18H,1,3-10H2,(H,30,36)(H,31,33)(H,34,35)/t17-,18-/m0/s1. The predicted molar refractivity (Wildman–Crippen MR) is 126 cm³/mol. The summed E-state index contributed by atoms with van der Waals surface area (Å²) in [5.41, 5.74) is -3.68. The molecule has 224 valence electrons. The van der Waals surface area contributed by atoms with Crippen LogP contribution >= 0.6 is 0 Å². The predicted octanol–water partition coefficient (Wildman–Crippen LogP) is 3.53. The summed E-state index contributed by atoms with van der Waals surface area (Å²) in [4.78, 5) is 34.6. The van der Waals surface area contributed by atoms with Crippen molar-refractivity contribution in [1.82, 2.24) is 14.9 Å². The van der Waals surface area contributed by atoms with Gasteiger partial charge in [-0.1, -0.05) is 12.7 Å². The minimum absolute atomic E-state index is 0.00981. The summed E-state index contributed by atoms with van der Waals surface area (Å²) in [5, 5.41) is 14.1. The molecule has 1 heterocycles. The van der Waals surface area contributed by atoms with Crippen molar-refractivity contribution in [2.24, 2.45) is 0 Å². The first-order valence-corrected chi connectivity index (χ1v) is 13.3. The molecule has 2 atom stereocenters. The van der Waals surface area contributed by atoms with Crippen LogP contribution in [0.15, 0.2) is 35.7 Å². The number of halogens is 6. The first-order chi connectivity index (χ1) is 18.5. The highest BCUT2D eigenvalue weighted by atomic mass is 32.2. The first kappa shape index (κ1) is 32.9. The van der Waals surface area contributed by atoms with E-state index in [4.69, 9.17) is 4.74 Å². The Bertz CT molecular complexity index is 1170. The van der Waals surface area contributed by atoms with Crippen LogP contribution < -0.4 is 10.6 Å². The number of aliphatic carboxylic acids is 1. The molecule has 0 aromatic heterocycles. The number of nitrogens with one attached hydrogen (secondary N) is 2. The zero-order valence-electron chi connectivity index (χ0n) is 20.8. The number of hydrogen-bond donors (Lipinski definition) is 3. The molecule has 1 fully saturated rings. The zero-order valence-corrected chi connectivity index (χ0v) is 21.7. The Morgan fingerprint density at radius 3 is 2.23 bits per heavy atom. The van der Waals surface area contributed by atoms with E-state index in [1.54, 1.807) is 0 Å². The number of nitrogens with zero attached hydrogens (tertiary/aromatic N) is 1. The summed E-state index contributed by atoms with van der Waals surface area (Å²) in [6, 6.07) is -3.14. The lowest BCUT2D eigenvalue weighted by atomic mass is 10.1. The van der Waals surface area contributed by atoms with Gasteiger partial charge in [-0.25, -0.2) is 18.0 Å². The van der Waals surface area contributed by atoms with E-state index in [0.717, 1.165) is 0 Å². The lowest BCUT2D eigenvalue weighted by Gasteiger charge is -2.25. The number of benzene rings is 1. The molecular formula is C23H27F6N3O7S. The maximum atomic E-state index is 13.2. The smallest absolute Gasteiger partial charge is 0.416 e. The summed E-state index contributed by atoms with van der Waals surface area (Å²) in [6.45, 7) is 3.11. The molecule has 0 unspecified atom stereocenters. The average molecular weight is 604 g/mol. The summed E-state index contributed by atoms with van der Waals surface area (Å²) >= 11 is 0. The highest BCUT2D eigenvalue weighted by Gasteiger charge is 2.43. The summed E-state index contributed by atoms with van der Waals surface area (Å²) in [7, 11) is -5.03. The Morgan fingerprint density at radius 1 is 1.10 bits per heavy atom. The number of alkyl halides is 6. The topological polar surface area (TPSA) is 142 Å². The number of carboxylic acid groups (broad SMARTS) is 1. The number of hydrogen-bond acceptors (Lipinski definition) is 6. The SMILES string of the molecule is C=CCOC(=O)NCCCC[C@H](NC(=O)[C@@H]1CCCN1S(=O)(=O)c1cc(C(F)(F)F)cc(C(F)(F)F)c1)C(=O)O. The van der Waals surface area contributed by atoms with Crippen LogP contribution in [0.4, 0.5) is 31.1 Å². The fourth-order valence-electron chi connectivity index (χ4n) is 3.88. The van der Waals surface area contributed by atoms with E-state index < -0.39 is 68.5 Å². The molecule has 0 saturated carbocycles. The largest absolute Gasteiger partial charge is 0.480 e. The van der Waals surface area contributed by atoms with Crippen LogP contribution in [0.3, 0.4) is 0 Å². The normalized spacial score (nSPS) is 17.2. The second-order valence-corrected chi connectivity index (χ2v) is 10.6. The third kappa shape index (κ3) is 8.84. The number of sulfonamides is 1. The van der Waals surface area contributed by atoms with E-state index in [0.29, 0.717) is 10.7 Å². The van der Waals surface area contributed by atoms with Crippen LogP contribution in [0.5, 0.6) is 0 Å². The van der Waals surface area contributed by atoms with E-state index in [-0.39, 0.29) is 63.6 Å². The van der Waals surface area contributed by atoms with Crippen LogP contribution in [0, 0.1) is 0 Å². The minimum atomic E-state index is -5.29. The van der Waals surface area contributed by atoms with Crippen molar-refractivity contribution >= 4 is 28.0 Å². The highest BCUT2D eigenvalue weighted by Crippen LogP contribution is 2.38. The molecule has 1 aromatic carbocycles. The molecule has 1 aromatic rings. The molecule has 0 spiro atoms. The fourth-order valence-corrected chi connectivity index (χ4v) is 5.60. The van der Waals surface area contributed by atoms with Crippen molar-refractivity contribution in [2.45, 2.75) is 61.4 Å². The zero-order chi connectivity index (χ0) is 30.3. The third-order valence-corrected chi connectivity index (χ3v) is 7.70. The number of amides is 2. The molecule has 0 bridgehead atoms. The van der Waals surface area contributed by atoms with Gasteiger partial charge in [-0.05, 0) is 50.3 Å². The van der Waals surface area contributed by atoms with Crippen molar-refractivity contribution in [3.05, 3.63) is 42.0 Å². The van der Waals surface area contributed by atoms with E-state index in [1.807, 2.05) is 0 Å². The Balaban J connectivity index is 2.15. The number of ether oxygens (including phenoxy) is 1. The maximum absolute atomic E-state index is 13.2. The Kier molecular flexibility index (Phi) is 11.0. The minimum Gasteiger partial charge on any atom is -0.480 e. The molecule has 10 nitrogen and oxygen atoms in total. The van der Waals surface area contributed by atoms with E-state index in [9.17, 15) is 54.3 Å². The number of unbranched alkanes of at least 4 members (excludes halogenated alkanes) is 1. The quantitative estimate of drug-likeness (QED) is 0.189. The Hall–Kier alpha value is -3.34. The second kappa shape index (κ2) is 13.3. The van der Waals surface area contributed by atoms with Gasteiger partial charge >= 0.3 is 24.4 Å². The summed E-state index contributed by atoms with van der Waals surface area (Å²) in [5.74, 6) is -2.52.